The van der Waals surface area contributed by atoms with Gasteiger partial charge in [-0.05, 0) is 23.6 Å². The van der Waals surface area contributed by atoms with Gasteiger partial charge in [-0.15, -0.1) is 0 Å². The second-order valence-electron chi connectivity index (χ2n) is 7.59. The summed E-state index contributed by atoms with van der Waals surface area (Å²) in [6, 6.07) is 14.5. The maximum absolute atomic E-state index is 10.7. The zero-order valence-corrected chi connectivity index (χ0v) is 28.2. The fraction of sp³-hybridized carbons (Fsp3) is 0.389. The van der Waals surface area contributed by atoms with Crippen molar-refractivity contribution >= 4 is 40.5 Å². The van der Waals surface area contributed by atoms with Gasteiger partial charge in [0.15, 0.2) is 40.5 Å². The van der Waals surface area contributed by atoms with Crippen LogP contribution in [0.3, 0.4) is 0 Å². The molecule has 30 heteroatoms. The molecule has 1 heterocycles. The Hall–Kier alpha value is -2.18. The van der Waals surface area contributed by atoms with Gasteiger partial charge in [0.1, 0.15) is 0 Å². The van der Waals surface area contributed by atoms with Gasteiger partial charge >= 0.3 is 22.0 Å². The number of halogens is 12. The van der Waals surface area contributed by atoms with Gasteiger partial charge in [-0.2, -0.15) is 52.7 Å². The van der Waals surface area contributed by atoms with E-state index in [1.807, 2.05) is 24.4 Å². The number of hydrogen-bond donors (Lipinski definition) is 0. The summed E-state index contributed by atoms with van der Waals surface area (Å²) in [5.41, 5.74) is -19.0. The molecule has 0 saturated heterocycles. The predicted molar refractivity (Wildman–Crippen MR) is 127 cm³/mol. The second-order valence-corrected chi connectivity index (χ2v) is 13.1. The third-order valence-electron chi connectivity index (χ3n) is 3.65. The van der Waals surface area contributed by atoms with Gasteiger partial charge in [0.2, 0.25) is 0 Å². The van der Waals surface area contributed by atoms with Crippen molar-refractivity contribution in [3.05, 3.63) is 54.2 Å². The molecule has 0 fully saturated rings. The quantitative estimate of drug-likeness (QED) is 0.234. The molecule has 1 radical (unpaired) electrons. The van der Waals surface area contributed by atoms with E-state index in [0.29, 0.717) is 5.92 Å². The van der Waals surface area contributed by atoms with Crippen molar-refractivity contribution in [3.8, 4) is 11.3 Å². The Morgan fingerprint density at radius 3 is 1.00 bits per heavy atom. The van der Waals surface area contributed by atoms with Crippen LogP contribution in [0, 0.1) is 0 Å². The van der Waals surface area contributed by atoms with Crippen molar-refractivity contribution in [3.63, 3.8) is 0 Å². The van der Waals surface area contributed by atoms with Crippen LogP contribution in [0.2, 0.25) is 0 Å². The minimum Gasteiger partial charge on any atom is -0.741 e. The van der Waals surface area contributed by atoms with Crippen LogP contribution >= 0.6 is 0 Å². The molecule has 13 nitrogen and oxygen atoms in total. The van der Waals surface area contributed by atoms with Crippen LogP contribution in [-0.2, 0) is 60.6 Å². The summed E-state index contributed by atoms with van der Waals surface area (Å²) in [6.45, 7) is 4.40. The molecular formula is C18H15F12IrNO12S4-4. The molecule has 285 valence electrons. The van der Waals surface area contributed by atoms with Crippen LogP contribution in [0.1, 0.15) is 25.3 Å². The van der Waals surface area contributed by atoms with Gasteiger partial charge in [0, 0.05) is 31.9 Å². The first-order valence-electron chi connectivity index (χ1n) is 10.4. The number of alkyl halides is 12. The molecule has 0 spiro atoms. The molecule has 48 heavy (non-hydrogen) atoms. The summed E-state index contributed by atoms with van der Waals surface area (Å²) in [4.78, 5) is 4.39. The van der Waals surface area contributed by atoms with Crippen molar-refractivity contribution in [2.45, 2.75) is 41.8 Å². The van der Waals surface area contributed by atoms with E-state index in [4.69, 9.17) is 51.9 Å². The summed E-state index contributed by atoms with van der Waals surface area (Å²) in [7, 11) is -24.4. The summed E-state index contributed by atoms with van der Waals surface area (Å²) in [5.74, 6) is 0.551. The minimum absolute atomic E-state index is 0. The molecule has 2 aromatic rings. The van der Waals surface area contributed by atoms with E-state index >= 15 is 0 Å². The minimum atomic E-state index is -6.09. The fourth-order valence-electron chi connectivity index (χ4n) is 1.57. The van der Waals surface area contributed by atoms with E-state index in [1.54, 1.807) is 0 Å². The van der Waals surface area contributed by atoms with E-state index in [9.17, 15) is 52.7 Å². The van der Waals surface area contributed by atoms with Crippen LogP contribution in [-0.4, -0.2) is 78.9 Å². The van der Waals surface area contributed by atoms with Crippen LogP contribution in [0.4, 0.5) is 52.7 Å². The topological polar surface area (TPSA) is 242 Å². The third kappa shape index (κ3) is 22.5. The maximum atomic E-state index is 10.7. The van der Waals surface area contributed by atoms with Crippen LogP contribution in [0.5, 0.6) is 0 Å². The molecule has 0 N–H and O–H groups in total. The van der Waals surface area contributed by atoms with Gasteiger partial charge in [0.05, 0.1) is 5.69 Å². The monoisotopic (exact) mass is 986 g/mol. The van der Waals surface area contributed by atoms with E-state index < -0.39 is 62.5 Å². The number of benzene rings is 1. The zero-order chi connectivity index (χ0) is 38.7. The number of hydrogen-bond acceptors (Lipinski definition) is 13. The van der Waals surface area contributed by atoms with Crippen molar-refractivity contribution < 1.29 is 125 Å². The fourth-order valence-corrected chi connectivity index (χ4v) is 1.57. The molecule has 2 rings (SSSR count). The van der Waals surface area contributed by atoms with Crippen molar-refractivity contribution in [2.75, 3.05) is 0 Å². The Labute approximate surface area is 276 Å². The molecule has 0 saturated carbocycles. The molecule has 0 aliphatic heterocycles. The van der Waals surface area contributed by atoms with E-state index in [2.05, 4.69) is 43.1 Å². The molecule has 0 amide bonds. The summed E-state index contributed by atoms with van der Waals surface area (Å²) in [5, 5.41) is 0. The Kier molecular flexibility index (Phi) is 21.1. The van der Waals surface area contributed by atoms with Crippen LogP contribution in [0.15, 0.2) is 48.7 Å². The normalized spacial score (nSPS) is 12.6. The first kappa shape index (κ1) is 52.6. The van der Waals surface area contributed by atoms with Crippen molar-refractivity contribution in [2.24, 2.45) is 0 Å². The summed E-state index contributed by atoms with van der Waals surface area (Å²) < 4.78 is 236. The van der Waals surface area contributed by atoms with Crippen molar-refractivity contribution in [1.82, 2.24) is 4.98 Å². The van der Waals surface area contributed by atoms with Gasteiger partial charge in [0.25, 0.3) is 0 Å². The first-order valence-corrected chi connectivity index (χ1v) is 16.0. The SMILES string of the molecule is CC(C)c1ccnc(-c2ccccc2)c1.O=S(=O)([O-])C(F)(F)F.O=S(=O)([O-])C(F)(F)F.O=S(=O)([O-])C(F)(F)F.O=S(=O)([O-])C(F)(F)F.[Ir]. The Bertz CT molecular complexity index is 1530. The summed E-state index contributed by atoms with van der Waals surface area (Å²) >= 11 is 0. The Morgan fingerprint density at radius 2 is 0.792 bits per heavy atom. The molecule has 0 unspecified atom stereocenters. The van der Waals surface area contributed by atoms with Crippen LogP contribution in [0.25, 0.3) is 11.3 Å². The average molecular weight is 986 g/mol. The smallest absolute Gasteiger partial charge is 0.485 e. The second kappa shape index (κ2) is 19.3. The van der Waals surface area contributed by atoms with Crippen LogP contribution < -0.4 is 0 Å². The van der Waals surface area contributed by atoms with E-state index in [-0.39, 0.29) is 20.1 Å². The number of pyridine rings is 1. The largest absolute Gasteiger partial charge is 0.741 e. The molecule has 1 aromatic carbocycles. The number of aromatic nitrogens is 1. The van der Waals surface area contributed by atoms with E-state index in [1.165, 1.54) is 11.1 Å². The zero-order valence-electron chi connectivity index (χ0n) is 22.5. The molecule has 0 aliphatic carbocycles. The van der Waals surface area contributed by atoms with Crippen molar-refractivity contribution in [1.29, 1.82) is 0 Å². The molecular weight excluding hydrogens is 971 g/mol. The third-order valence-corrected chi connectivity index (χ3v) is 5.92. The molecule has 0 aliphatic rings. The molecule has 1 aromatic heterocycles. The van der Waals surface area contributed by atoms with Gasteiger partial charge in [-0.3, -0.25) is 4.98 Å². The van der Waals surface area contributed by atoms with Gasteiger partial charge < -0.3 is 18.2 Å². The molecule has 0 atom stereocenters. The van der Waals surface area contributed by atoms with E-state index in [0.717, 1.165) is 5.69 Å². The standard InChI is InChI=1S/C14H15N.4CHF3O3S.Ir/c1-11(2)13-8-9-15-14(10-13)12-6-4-3-5-7-12;4*2-1(3,4)8(5,6)7;/h3-11H,1-2H3;4*(H,5,6,7);/p-4. The maximum Gasteiger partial charge on any atom is 0.485 e. The van der Waals surface area contributed by atoms with Gasteiger partial charge in [-0.25, -0.2) is 33.7 Å². The average Bonchev–Trinajstić information content (AvgIpc) is 2.81. The first-order chi connectivity index (χ1) is 20.3. The predicted octanol–water partition coefficient (Wildman–Crippen LogP) is 4.08. The van der Waals surface area contributed by atoms with Gasteiger partial charge in [-0.1, -0.05) is 44.2 Å². The summed E-state index contributed by atoms with van der Waals surface area (Å²) in [6.07, 6.45) is 1.89. The number of nitrogens with zero attached hydrogens (tertiary/aromatic N) is 1. The number of rotatable bonds is 2. The Balaban J connectivity index is -0.000000261. The Morgan fingerprint density at radius 1 is 0.542 bits per heavy atom. The molecule has 0 bridgehead atoms.